The zero-order chi connectivity index (χ0) is 11.3. The van der Waals surface area contributed by atoms with Crippen molar-refractivity contribution in [1.82, 2.24) is 16.0 Å². The Balaban J connectivity index is 2.36. The molecule has 1 aliphatic rings. The Labute approximate surface area is 88.4 Å². The maximum Gasteiger partial charge on any atom is 0.239 e. The molecule has 1 saturated heterocycles. The van der Waals surface area contributed by atoms with E-state index in [-0.39, 0.29) is 31.0 Å². The molecule has 1 rings (SSSR count). The van der Waals surface area contributed by atoms with Gasteiger partial charge < -0.3 is 15.7 Å². The highest BCUT2D eigenvalue weighted by Gasteiger charge is 2.24. The van der Waals surface area contributed by atoms with Gasteiger partial charge >= 0.3 is 0 Å². The number of aliphatic hydroxyl groups is 1. The second-order valence-electron chi connectivity index (χ2n) is 3.53. The lowest BCUT2D eigenvalue weighted by Gasteiger charge is -2.25. The predicted molar refractivity (Wildman–Crippen MR) is 54.1 cm³/mol. The van der Waals surface area contributed by atoms with Crippen molar-refractivity contribution in [2.45, 2.75) is 25.4 Å². The molecular formula is C9H17N3O3. The average molecular weight is 215 g/mol. The molecule has 2 amide bonds. The van der Waals surface area contributed by atoms with Crippen LogP contribution < -0.4 is 16.0 Å². The summed E-state index contributed by atoms with van der Waals surface area (Å²) in [5, 5.41) is 17.0. The van der Waals surface area contributed by atoms with Crippen LogP contribution in [0.25, 0.3) is 0 Å². The third-order valence-electron chi connectivity index (χ3n) is 2.39. The van der Waals surface area contributed by atoms with Crippen LogP contribution in [0.3, 0.4) is 0 Å². The van der Waals surface area contributed by atoms with Crippen molar-refractivity contribution in [3.05, 3.63) is 0 Å². The lowest BCUT2D eigenvalue weighted by atomic mass is 10.2. The van der Waals surface area contributed by atoms with Crippen LogP contribution in [0.15, 0.2) is 0 Å². The van der Waals surface area contributed by atoms with Crippen LogP contribution in [0, 0.1) is 0 Å². The van der Waals surface area contributed by atoms with Crippen LogP contribution in [0.2, 0.25) is 0 Å². The average Bonchev–Trinajstić information content (AvgIpc) is 2.26. The molecule has 1 unspecified atom stereocenters. The first kappa shape index (κ1) is 11.9. The molecule has 0 aromatic heterocycles. The summed E-state index contributed by atoms with van der Waals surface area (Å²) in [6.45, 7) is 2.28. The number of hydrogen-bond donors (Lipinski definition) is 4. The van der Waals surface area contributed by atoms with Gasteiger partial charge in [0.15, 0.2) is 0 Å². The Kier molecular flexibility index (Phi) is 4.51. The summed E-state index contributed by atoms with van der Waals surface area (Å²) in [5.74, 6) is -0.288. The van der Waals surface area contributed by atoms with E-state index in [9.17, 15) is 9.59 Å². The van der Waals surface area contributed by atoms with Crippen LogP contribution in [0.4, 0.5) is 0 Å². The molecule has 0 aromatic rings. The summed E-state index contributed by atoms with van der Waals surface area (Å²) < 4.78 is 0. The van der Waals surface area contributed by atoms with Crippen molar-refractivity contribution in [2.24, 2.45) is 0 Å². The highest BCUT2D eigenvalue weighted by Crippen LogP contribution is 1.93. The lowest BCUT2D eigenvalue weighted by molar-refractivity contribution is -0.127. The van der Waals surface area contributed by atoms with E-state index >= 15 is 0 Å². The van der Waals surface area contributed by atoms with Gasteiger partial charge in [0, 0.05) is 6.54 Å². The maximum absolute atomic E-state index is 11.6. The summed E-state index contributed by atoms with van der Waals surface area (Å²) in [7, 11) is 0. The molecule has 15 heavy (non-hydrogen) atoms. The van der Waals surface area contributed by atoms with E-state index in [4.69, 9.17) is 5.11 Å². The molecule has 86 valence electrons. The summed E-state index contributed by atoms with van der Waals surface area (Å²) >= 11 is 0. The van der Waals surface area contributed by atoms with Gasteiger partial charge in [-0.2, -0.15) is 0 Å². The summed E-state index contributed by atoms with van der Waals surface area (Å²) in [6.07, 6.45) is 0.682. The first-order valence-electron chi connectivity index (χ1n) is 5.08. The molecule has 2 atom stereocenters. The molecular weight excluding hydrogens is 198 g/mol. The fourth-order valence-corrected chi connectivity index (χ4v) is 1.33. The summed E-state index contributed by atoms with van der Waals surface area (Å²) in [5.41, 5.74) is 0. The van der Waals surface area contributed by atoms with E-state index in [1.54, 1.807) is 0 Å². The minimum atomic E-state index is -0.400. The monoisotopic (exact) mass is 215 g/mol. The fourth-order valence-electron chi connectivity index (χ4n) is 1.33. The van der Waals surface area contributed by atoms with Crippen LogP contribution in [-0.4, -0.2) is 48.7 Å². The number of nitrogens with one attached hydrogen (secondary N) is 3. The minimum Gasteiger partial charge on any atom is -0.394 e. The first-order valence-corrected chi connectivity index (χ1v) is 5.08. The highest BCUT2D eigenvalue weighted by atomic mass is 16.3. The quantitative estimate of drug-likeness (QED) is 0.435. The third-order valence-corrected chi connectivity index (χ3v) is 2.39. The molecule has 0 aromatic carbocycles. The van der Waals surface area contributed by atoms with Crippen molar-refractivity contribution in [3.63, 3.8) is 0 Å². The van der Waals surface area contributed by atoms with Crippen molar-refractivity contribution in [3.8, 4) is 0 Å². The van der Waals surface area contributed by atoms with Gasteiger partial charge in [0.05, 0.1) is 19.2 Å². The molecule has 0 aliphatic carbocycles. The van der Waals surface area contributed by atoms with Crippen LogP contribution >= 0.6 is 0 Å². The zero-order valence-electron chi connectivity index (χ0n) is 8.75. The van der Waals surface area contributed by atoms with Crippen molar-refractivity contribution < 1.29 is 14.7 Å². The third kappa shape index (κ3) is 3.49. The first-order chi connectivity index (χ1) is 7.17. The van der Waals surface area contributed by atoms with Gasteiger partial charge in [-0.25, -0.2) is 0 Å². The second-order valence-corrected chi connectivity index (χ2v) is 3.53. The van der Waals surface area contributed by atoms with Crippen molar-refractivity contribution in [1.29, 1.82) is 0 Å². The normalized spacial score (nSPS) is 23.1. The SMILES string of the molecule is CC[C@@H](CO)NC(=O)C1CNC(=O)CN1. The Morgan fingerprint density at radius 3 is 2.93 bits per heavy atom. The van der Waals surface area contributed by atoms with Gasteiger partial charge in [0.1, 0.15) is 6.04 Å². The molecule has 0 spiro atoms. The van der Waals surface area contributed by atoms with Crippen molar-refractivity contribution >= 4 is 11.8 Å². The molecule has 0 saturated carbocycles. The molecule has 6 heteroatoms. The van der Waals surface area contributed by atoms with Crippen molar-refractivity contribution in [2.75, 3.05) is 19.7 Å². The minimum absolute atomic E-state index is 0.0681. The molecule has 0 bridgehead atoms. The Morgan fingerprint density at radius 1 is 1.73 bits per heavy atom. The zero-order valence-corrected chi connectivity index (χ0v) is 8.75. The Bertz CT molecular complexity index is 231. The van der Waals surface area contributed by atoms with E-state index in [1.165, 1.54) is 0 Å². The number of hydrogen-bond acceptors (Lipinski definition) is 4. The molecule has 0 radical (unpaired) electrons. The van der Waals surface area contributed by atoms with Gasteiger partial charge in [-0.05, 0) is 6.42 Å². The van der Waals surface area contributed by atoms with Crippen LogP contribution in [0.1, 0.15) is 13.3 Å². The number of piperazine rings is 1. The van der Waals surface area contributed by atoms with Gasteiger partial charge in [-0.15, -0.1) is 0 Å². The number of aliphatic hydroxyl groups excluding tert-OH is 1. The van der Waals surface area contributed by atoms with Gasteiger partial charge in [0.2, 0.25) is 11.8 Å². The smallest absolute Gasteiger partial charge is 0.239 e. The lowest BCUT2D eigenvalue weighted by Crippen LogP contribution is -2.59. The largest absolute Gasteiger partial charge is 0.394 e. The van der Waals surface area contributed by atoms with E-state index in [0.717, 1.165) is 0 Å². The van der Waals surface area contributed by atoms with Crippen LogP contribution in [0.5, 0.6) is 0 Å². The molecule has 1 heterocycles. The standard InChI is InChI=1S/C9H17N3O3/c1-2-6(5-13)12-9(15)7-3-11-8(14)4-10-7/h6-7,10,13H,2-5H2,1H3,(H,11,14)(H,12,15)/t6-,7?/m0/s1. The van der Waals surface area contributed by atoms with Gasteiger partial charge in [-0.1, -0.05) is 6.92 Å². The van der Waals surface area contributed by atoms with E-state index in [2.05, 4.69) is 16.0 Å². The summed E-state index contributed by atoms with van der Waals surface area (Å²) in [6, 6.07) is -0.611. The van der Waals surface area contributed by atoms with E-state index < -0.39 is 6.04 Å². The van der Waals surface area contributed by atoms with Crippen LogP contribution in [-0.2, 0) is 9.59 Å². The van der Waals surface area contributed by atoms with E-state index in [1.807, 2.05) is 6.92 Å². The van der Waals surface area contributed by atoms with Gasteiger partial charge in [-0.3, -0.25) is 14.9 Å². The molecule has 6 nitrogen and oxygen atoms in total. The molecule has 4 N–H and O–H groups in total. The Morgan fingerprint density at radius 2 is 2.47 bits per heavy atom. The topological polar surface area (TPSA) is 90.5 Å². The Hall–Kier alpha value is -1.14. The molecule has 1 fully saturated rings. The summed E-state index contributed by atoms with van der Waals surface area (Å²) in [4.78, 5) is 22.4. The number of carbonyl (C=O) groups is 2. The molecule has 1 aliphatic heterocycles. The number of rotatable bonds is 4. The highest BCUT2D eigenvalue weighted by molar-refractivity contribution is 5.86. The maximum atomic E-state index is 11.6. The predicted octanol–water partition coefficient (Wildman–Crippen LogP) is -2.04. The number of amides is 2. The second kappa shape index (κ2) is 5.67. The van der Waals surface area contributed by atoms with Gasteiger partial charge in [0.25, 0.3) is 0 Å². The fraction of sp³-hybridized carbons (Fsp3) is 0.778. The van der Waals surface area contributed by atoms with E-state index in [0.29, 0.717) is 13.0 Å². The number of carbonyl (C=O) groups excluding carboxylic acids is 2.